The lowest BCUT2D eigenvalue weighted by molar-refractivity contribution is 0.126. The van der Waals surface area contributed by atoms with E-state index < -0.39 is 0 Å². The Kier molecular flexibility index (Phi) is 3.55. The van der Waals surface area contributed by atoms with Gasteiger partial charge in [-0.1, -0.05) is 22.0 Å². The van der Waals surface area contributed by atoms with Gasteiger partial charge in [0.2, 0.25) is 0 Å². The Balaban J connectivity index is 2.57. The van der Waals surface area contributed by atoms with Gasteiger partial charge in [0.1, 0.15) is 12.6 Å². The van der Waals surface area contributed by atoms with E-state index in [4.69, 9.17) is 4.74 Å². The lowest BCUT2D eigenvalue weighted by Gasteiger charge is -2.13. The predicted molar refractivity (Wildman–Crippen MR) is 87.7 cm³/mol. The molecule has 0 aliphatic heterocycles. The van der Waals surface area contributed by atoms with Crippen molar-refractivity contribution in [3.05, 3.63) is 50.5 Å². The molecule has 3 rings (SSSR count). The molecule has 0 unspecified atom stereocenters. The van der Waals surface area contributed by atoms with Crippen LogP contribution in [0.15, 0.2) is 33.5 Å². The van der Waals surface area contributed by atoms with Gasteiger partial charge in [-0.15, -0.1) is 0 Å². The van der Waals surface area contributed by atoms with Gasteiger partial charge in [-0.25, -0.2) is 4.98 Å². The van der Waals surface area contributed by atoms with Gasteiger partial charge in [0.15, 0.2) is 0 Å². The molecule has 0 aliphatic carbocycles. The van der Waals surface area contributed by atoms with Crippen LogP contribution in [0.2, 0.25) is 0 Å². The van der Waals surface area contributed by atoms with Crippen molar-refractivity contribution < 1.29 is 4.74 Å². The van der Waals surface area contributed by atoms with Gasteiger partial charge >= 0.3 is 0 Å². The maximum absolute atomic E-state index is 12.8. The van der Waals surface area contributed by atoms with Crippen molar-refractivity contribution in [1.29, 1.82) is 0 Å². The van der Waals surface area contributed by atoms with Crippen LogP contribution in [0.3, 0.4) is 0 Å². The van der Waals surface area contributed by atoms with Crippen molar-refractivity contribution in [1.82, 2.24) is 9.55 Å². The zero-order valence-corrected chi connectivity index (χ0v) is 13.7. The molecule has 108 valence electrons. The molecule has 5 heteroatoms. The number of nitrogens with zero attached hydrogens (tertiary/aromatic N) is 2. The van der Waals surface area contributed by atoms with Gasteiger partial charge in [-0.05, 0) is 48.4 Å². The van der Waals surface area contributed by atoms with Crippen LogP contribution >= 0.6 is 15.9 Å². The summed E-state index contributed by atoms with van der Waals surface area (Å²) in [5.74, 6) is 0.659. The molecule has 0 bridgehead atoms. The largest absolute Gasteiger partial charge is 0.364 e. The second-order valence-corrected chi connectivity index (χ2v) is 6.01. The molecule has 2 aromatic carbocycles. The first-order valence-corrected chi connectivity index (χ1v) is 7.41. The van der Waals surface area contributed by atoms with Crippen LogP contribution in [0.5, 0.6) is 0 Å². The average Bonchev–Trinajstić information content (AvgIpc) is 2.44. The molecule has 0 spiro atoms. The van der Waals surface area contributed by atoms with Crippen molar-refractivity contribution in [3.63, 3.8) is 0 Å². The number of halogens is 1. The molecule has 0 aliphatic rings. The van der Waals surface area contributed by atoms with E-state index in [1.807, 2.05) is 32.0 Å². The van der Waals surface area contributed by atoms with E-state index in [1.54, 1.807) is 11.7 Å². The molecular formula is C16H15BrN2O2. The monoisotopic (exact) mass is 346 g/mol. The summed E-state index contributed by atoms with van der Waals surface area (Å²) in [6.07, 6.45) is 0. The number of aromatic nitrogens is 2. The number of aryl methyl sites for hydroxylation is 2. The lowest BCUT2D eigenvalue weighted by atomic mass is 10.0. The van der Waals surface area contributed by atoms with Crippen LogP contribution in [-0.2, 0) is 11.5 Å². The molecular weight excluding hydrogens is 332 g/mol. The third-order valence-corrected chi connectivity index (χ3v) is 4.14. The molecule has 1 aromatic heterocycles. The minimum Gasteiger partial charge on any atom is -0.364 e. The summed E-state index contributed by atoms with van der Waals surface area (Å²) in [6, 6.07) is 8.01. The van der Waals surface area contributed by atoms with Crippen LogP contribution in [-0.4, -0.2) is 16.7 Å². The van der Waals surface area contributed by atoms with Crippen LogP contribution < -0.4 is 5.56 Å². The maximum atomic E-state index is 12.8. The van der Waals surface area contributed by atoms with Gasteiger partial charge in [0.25, 0.3) is 5.56 Å². The van der Waals surface area contributed by atoms with E-state index in [2.05, 4.69) is 27.0 Å². The smallest absolute Gasteiger partial charge is 0.263 e. The zero-order valence-electron chi connectivity index (χ0n) is 12.1. The van der Waals surface area contributed by atoms with Gasteiger partial charge in [-0.2, -0.15) is 0 Å². The fourth-order valence-electron chi connectivity index (χ4n) is 2.64. The summed E-state index contributed by atoms with van der Waals surface area (Å²) in [6.45, 7) is 4.01. The highest BCUT2D eigenvalue weighted by atomic mass is 79.9. The van der Waals surface area contributed by atoms with Crippen LogP contribution in [0, 0.1) is 13.8 Å². The minimum atomic E-state index is -0.0637. The second-order valence-electron chi connectivity index (χ2n) is 5.09. The Hall–Kier alpha value is -1.72. The average molecular weight is 347 g/mol. The van der Waals surface area contributed by atoms with E-state index in [0.29, 0.717) is 11.2 Å². The molecule has 1 heterocycles. The number of benzene rings is 2. The minimum absolute atomic E-state index is 0.0637. The molecule has 0 radical (unpaired) electrons. The van der Waals surface area contributed by atoms with Gasteiger partial charge in [0.05, 0.1) is 10.9 Å². The summed E-state index contributed by atoms with van der Waals surface area (Å²) >= 11 is 3.47. The molecule has 21 heavy (non-hydrogen) atoms. The van der Waals surface area contributed by atoms with Gasteiger partial charge in [-0.3, -0.25) is 9.36 Å². The Labute approximate surface area is 130 Å². The van der Waals surface area contributed by atoms with E-state index in [-0.39, 0.29) is 12.3 Å². The lowest BCUT2D eigenvalue weighted by Crippen LogP contribution is -2.25. The Morgan fingerprint density at radius 1 is 1.29 bits per heavy atom. The van der Waals surface area contributed by atoms with Crippen molar-refractivity contribution in [3.8, 4) is 0 Å². The van der Waals surface area contributed by atoms with Crippen LogP contribution in [0.4, 0.5) is 0 Å². The molecule has 0 saturated carbocycles. The first kappa shape index (κ1) is 14.2. The van der Waals surface area contributed by atoms with Gasteiger partial charge < -0.3 is 4.74 Å². The number of ether oxygens (including phenoxy) is 1. The number of hydrogen-bond donors (Lipinski definition) is 0. The first-order chi connectivity index (χ1) is 10.0. The molecule has 0 amide bonds. The van der Waals surface area contributed by atoms with Gasteiger partial charge in [0, 0.05) is 11.6 Å². The summed E-state index contributed by atoms with van der Waals surface area (Å²) in [5, 5.41) is 2.59. The van der Waals surface area contributed by atoms with E-state index in [1.165, 1.54) is 0 Å². The van der Waals surface area contributed by atoms with Crippen LogP contribution in [0.1, 0.15) is 11.4 Å². The fraction of sp³-hybridized carbons (Fsp3) is 0.250. The number of fused-ring (bicyclic) bond motifs is 3. The fourth-order valence-corrected chi connectivity index (χ4v) is 3.00. The molecule has 3 aromatic rings. The topological polar surface area (TPSA) is 44.1 Å². The van der Waals surface area contributed by atoms with E-state index >= 15 is 0 Å². The highest BCUT2D eigenvalue weighted by Gasteiger charge is 2.13. The number of rotatable bonds is 2. The third-order valence-electron chi connectivity index (χ3n) is 3.65. The molecule has 4 nitrogen and oxygen atoms in total. The molecule has 0 N–H and O–H groups in total. The summed E-state index contributed by atoms with van der Waals surface area (Å²) in [4.78, 5) is 17.4. The quantitative estimate of drug-likeness (QED) is 0.666. The zero-order chi connectivity index (χ0) is 15.1. The highest BCUT2D eigenvalue weighted by molar-refractivity contribution is 9.10. The SMILES string of the molecule is COCn1c(C)nc2c(C)cc3ccc(Br)cc3c2c1=O. The van der Waals surface area contributed by atoms with Crippen molar-refractivity contribution in [2.24, 2.45) is 0 Å². The highest BCUT2D eigenvalue weighted by Crippen LogP contribution is 2.27. The predicted octanol–water partition coefficient (Wildman–Crippen LogP) is 3.53. The van der Waals surface area contributed by atoms with Crippen molar-refractivity contribution in [2.45, 2.75) is 20.6 Å². The van der Waals surface area contributed by atoms with E-state index in [9.17, 15) is 4.79 Å². The molecule has 0 atom stereocenters. The summed E-state index contributed by atoms with van der Waals surface area (Å²) in [7, 11) is 1.57. The maximum Gasteiger partial charge on any atom is 0.263 e. The Morgan fingerprint density at radius 2 is 2.05 bits per heavy atom. The molecule has 0 fully saturated rings. The second kappa shape index (κ2) is 5.24. The first-order valence-electron chi connectivity index (χ1n) is 6.62. The number of hydrogen-bond acceptors (Lipinski definition) is 3. The standard InChI is InChI=1S/C16H15BrN2O2/c1-9-6-11-4-5-12(17)7-13(11)14-15(9)18-10(2)19(8-21-3)16(14)20/h4-7H,8H2,1-3H3. The van der Waals surface area contributed by atoms with Crippen LogP contribution in [0.25, 0.3) is 21.7 Å². The third kappa shape index (κ3) is 2.26. The summed E-state index contributed by atoms with van der Waals surface area (Å²) < 4.78 is 7.62. The Morgan fingerprint density at radius 3 is 2.76 bits per heavy atom. The Bertz CT molecular complexity index is 916. The summed E-state index contributed by atoms with van der Waals surface area (Å²) in [5.41, 5.74) is 1.70. The van der Waals surface area contributed by atoms with Crippen molar-refractivity contribution >= 4 is 37.6 Å². The van der Waals surface area contributed by atoms with E-state index in [0.717, 1.165) is 26.3 Å². The van der Waals surface area contributed by atoms with Crippen molar-refractivity contribution in [2.75, 3.05) is 7.11 Å². The molecule has 0 saturated heterocycles. The normalized spacial score (nSPS) is 11.4. The number of methoxy groups -OCH3 is 1.